The lowest BCUT2D eigenvalue weighted by Crippen LogP contribution is -2.29. The first-order chi connectivity index (χ1) is 2.81. The van der Waals surface area contributed by atoms with Crippen molar-refractivity contribution in [2.24, 2.45) is 5.84 Å². The number of nitrogens with two attached hydrogens (primary N) is 1. The lowest BCUT2D eigenvalue weighted by Gasteiger charge is -1.90. The molecule has 4 heteroatoms. The summed E-state index contributed by atoms with van der Waals surface area (Å²) in [6.45, 7) is 0. The van der Waals surface area contributed by atoms with Crippen LogP contribution in [0.1, 0.15) is 0 Å². The fourth-order valence-electron chi connectivity index (χ4n) is 0.0589. The highest BCUT2D eigenvalue weighted by atomic mass is 16.6. The summed E-state index contributed by atoms with van der Waals surface area (Å²) in [6.07, 6.45) is -0.630. The van der Waals surface area contributed by atoms with Crippen LogP contribution in [0.4, 0.5) is 4.79 Å². The lowest BCUT2D eigenvalue weighted by atomic mass is 11.3. The first-order valence-corrected chi connectivity index (χ1v) is 1.36. The molecule has 0 heterocycles. The second-order valence-electron chi connectivity index (χ2n) is 0.636. The average Bonchev–Trinajstić information content (AvgIpc) is 1.65. The quantitative estimate of drug-likeness (QED) is 0.178. The number of nitrogens with one attached hydrogen (secondary N) is 1. The van der Waals surface area contributed by atoms with Crippen LogP contribution in [0.15, 0.2) is 0 Å². The van der Waals surface area contributed by atoms with Gasteiger partial charge in [-0.15, -0.1) is 0 Å². The number of methoxy groups -OCH3 is 1. The van der Waals surface area contributed by atoms with Crippen molar-refractivity contribution in [2.45, 2.75) is 0 Å². The van der Waals surface area contributed by atoms with Gasteiger partial charge in [0, 0.05) is 0 Å². The van der Waals surface area contributed by atoms with E-state index in [0.717, 1.165) is 0 Å². The molecule has 0 radical (unpaired) electrons. The number of hydrogen-bond acceptors (Lipinski definition) is 3. The van der Waals surface area contributed by atoms with E-state index in [2.05, 4.69) is 10.6 Å². The van der Waals surface area contributed by atoms with Crippen LogP contribution in [-0.4, -0.2) is 13.2 Å². The van der Waals surface area contributed by atoms with Crippen molar-refractivity contribution in [1.82, 2.24) is 5.43 Å². The molecule has 1 amide bonds. The maximum absolute atomic E-state index is 9.72. The number of carbonyl (C=O) groups excluding carboxylic acids is 1. The molecule has 0 atom stereocenters. The zero-order valence-corrected chi connectivity index (χ0v) is 3.39. The first-order valence-electron chi connectivity index (χ1n) is 1.36. The summed E-state index contributed by atoms with van der Waals surface area (Å²) in [5.74, 6) is 4.56. The van der Waals surface area contributed by atoms with Crippen molar-refractivity contribution in [2.75, 3.05) is 7.11 Å². The van der Waals surface area contributed by atoms with Crippen LogP contribution in [0.3, 0.4) is 0 Å². The van der Waals surface area contributed by atoms with Crippen molar-refractivity contribution >= 4 is 6.09 Å². The van der Waals surface area contributed by atoms with Gasteiger partial charge in [0.15, 0.2) is 0 Å². The molecular weight excluding hydrogens is 86.0 g/mol. The summed E-state index contributed by atoms with van der Waals surface area (Å²) >= 11 is 0. The third-order valence-corrected chi connectivity index (χ3v) is 0.303. The Kier molecular flexibility index (Phi) is 2.15. The van der Waals surface area contributed by atoms with Gasteiger partial charge in [0.05, 0.1) is 7.11 Å². The Morgan fingerprint density at radius 1 is 2.00 bits per heavy atom. The van der Waals surface area contributed by atoms with Crippen molar-refractivity contribution in [3.63, 3.8) is 0 Å². The van der Waals surface area contributed by atoms with E-state index in [0.29, 0.717) is 0 Å². The summed E-state index contributed by atoms with van der Waals surface area (Å²) in [5.41, 5.74) is 1.75. The minimum atomic E-state index is -0.630. The predicted octanol–water partition coefficient (Wildman–Crippen LogP) is -0.784. The van der Waals surface area contributed by atoms with Gasteiger partial charge in [-0.25, -0.2) is 10.6 Å². The van der Waals surface area contributed by atoms with Gasteiger partial charge >= 0.3 is 6.09 Å². The van der Waals surface area contributed by atoms with E-state index in [1.54, 1.807) is 5.43 Å². The molecule has 0 rings (SSSR count). The molecule has 3 N–H and O–H groups in total. The zero-order chi connectivity index (χ0) is 4.99. The van der Waals surface area contributed by atoms with Crippen LogP contribution < -0.4 is 11.3 Å². The molecule has 0 aliphatic rings. The first kappa shape index (κ1) is 5.23. The number of rotatable bonds is 0. The van der Waals surface area contributed by atoms with Crippen molar-refractivity contribution in [3.05, 3.63) is 0 Å². The number of hydrazine groups is 1. The Bertz CT molecular complexity index is 47.5. The van der Waals surface area contributed by atoms with E-state index in [4.69, 9.17) is 0 Å². The molecule has 0 aromatic heterocycles. The molecule has 0 aromatic rings. The van der Waals surface area contributed by atoms with Crippen LogP contribution in [-0.2, 0) is 4.74 Å². The highest BCUT2D eigenvalue weighted by molar-refractivity contribution is 5.65. The Morgan fingerprint density at radius 3 is 2.50 bits per heavy atom. The molecule has 0 aliphatic carbocycles. The molecule has 0 bridgehead atoms. The second kappa shape index (κ2) is 2.47. The van der Waals surface area contributed by atoms with Gasteiger partial charge in [0.1, 0.15) is 0 Å². The van der Waals surface area contributed by atoms with E-state index >= 15 is 0 Å². The third kappa shape index (κ3) is 1.54. The molecule has 0 saturated heterocycles. The topological polar surface area (TPSA) is 64.3 Å². The van der Waals surface area contributed by atoms with Crippen LogP contribution >= 0.6 is 0 Å². The lowest BCUT2D eigenvalue weighted by molar-refractivity contribution is 0.171. The Hall–Kier alpha value is -0.770. The zero-order valence-electron chi connectivity index (χ0n) is 3.39. The molecule has 36 valence electrons. The third-order valence-electron chi connectivity index (χ3n) is 0.303. The molecule has 0 saturated carbocycles. The molecule has 0 aromatic carbocycles. The molecule has 0 aliphatic heterocycles. The standard InChI is InChI=1S/C2H6N2O2/c1-6-2(5)4-3/h3H2,1H3,(H,4,5)/i3+1,4+1. The van der Waals surface area contributed by atoms with E-state index < -0.39 is 6.09 Å². The van der Waals surface area contributed by atoms with E-state index in [1.807, 2.05) is 0 Å². The Morgan fingerprint density at radius 2 is 2.50 bits per heavy atom. The average molecular weight is 92.1 g/mol. The van der Waals surface area contributed by atoms with Gasteiger partial charge in [0.2, 0.25) is 0 Å². The maximum Gasteiger partial charge on any atom is 0.421 e. The van der Waals surface area contributed by atoms with Gasteiger partial charge in [-0.05, 0) is 0 Å². The maximum atomic E-state index is 9.72. The minimum absolute atomic E-state index is 0.630. The monoisotopic (exact) mass is 92.0 g/mol. The van der Waals surface area contributed by atoms with Crippen LogP contribution in [0.2, 0.25) is 0 Å². The molecule has 0 unspecified atom stereocenters. The van der Waals surface area contributed by atoms with Gasteiger partial charge in [0.25, 0.3) is 0 Å². The largest absolute Gasteiger partial charge is 0.452 e. The Labute approximate surface area is 35.2 Å². The van der Waals surface area contributed by atoms with Crippen LogP contribution in [0, 0.1) is 0 Å². The SMILES string of the molecule is COC(=O)[15NH][15NH2]. The minimum Gasteiger partial charge on any atom is -0.452 e. The summed E-state index contributed by atoms with van der Waals surface area (Å²) < 4.78 is 4.02. The van der Waals surface area contributed by atoms with Crippen molar-refractivity contribution in [1.29, 1.82) is 0 Å². The van der Waals surface area contributed by atoms with Gasteiger partial charge in [-0.2, -0.15) is 0 Å². The summed E-state index contributed by atoms with van der Waals surface area (Å²) in [5, 5.41) is 0. The molecule has 6 heavy (non-hydrogen) atoms. The molecule has 0 fully saturated rings. The van der Waals surface area contributed by atoms with Crippen molar-refractivity contribution in [3.8, 4) is 0 Å². The molecular formula is C2H6N2O2. The normalized spacial score (nSPS) is 7.00. The fourth-order valence-corrected chi connectivity index (χ4v) is 0.0589. The summed E-state index contributed by atoms with van der Waals surface area (Å²) in [4.78, 5) is 9.72. The Balaban J connectivity index is 2.99. The van der Waals surface area contributed by atoms with Gasteiger partial charge < -0.3 is 4.74 Å². The highest BCUT2D eigenvalue weighted by Crippen LogP contribution is 1.60. The van der Waals surface area contributed by atoms with E-state index in [1.165, 1.54) is 7.11 Å². The van der Waals surface area contributed by atoms with E-state index in [9.17, 15) is 4.79 Å². The van der Waals surface area contributed by atoms with Crippen LogP contribution in [0.25, 0.3) is 0 Å². The van der Waals surface area contributed by atoms with E-state index in [-0.39, 0.29) is 0 Å². The molecule has 4 nitrogen and oxygen atoms in total. The number of amides is 1. The fraction of sp³-hybridized carbons (Fsp3) is 0.500. The van der Waals surface area contributed by atoms with Gasteiger partial charge in [-0.1, -0.05) is 0 Å². The summed E-state index contributed by atoms with van der Waals surface area (Å²) in [6, 6.07) is 0. The number of ether oxygens (including phenoxy) is 1. The number of carbonyl (C=O) groups is 1. The summed E-state index contributed by atoms with van der Waals surface area (Å²) in [7, 11) is 1.24. The van der Waals surface area contributed by atoms with Crippen LogP contribution in [0.5, 0.6) is 0 Å². The predicted molar refractivity (Wildman–Crippen MR) is 19.7 cm³/mol. The van der Waals surface area contributed by atoms with Gasteiger partial charge in [-0.3, -0.25) is 5.43 Å². The second-order valence-corrected chi connectivity index (χ2v) is 0.636. The van der Waals surface area contributed by atoms with Crippen molar-refractivity contribution < 1.29 is 9.53 Å². The highest BCUT2D eigenvalue weighted by Gasteiger charge is 1.85. The smallest absolute Gasteiger partial charge is 0.421 e. The number of hydrogen-bond donors (Lipinski definition) is 2. The molecule has 0 spiro atoms.